The van der Waals surface area contributed by atoms with E-state index >= 15 is 0 Å². The maximum absolute atomic E-state index is 11.3. The molecule has 0 aliphatic heterocycles. The van der Waals surface area contributed by atoms with E-state index in [1.54, 1.807) is 19.9 Å². The molecule has 0 saturated heterocycles. The molecule has 0 radical (unpaired) electrons. The lowest BCUT2D eigenvalue weighted by atomic mass is 10.2. The van der Waals surface area contributed by atoms with E-state index in [2.05, 4.69) is 10.1 Å². The summed E-state index contributed by atoms with van der Waals surface area (Å²) in [7, 11) is -3.71. The van der Waals surface area contributed by atoms with E-state index in [1.807, 2.05) is 0 Å². The summed E-state index contributed by atoms with van der Waals surface area (Å²) in [6.45, 7) is 3.47. The van der Waals surface area contributed by atoms with Crippen LogP contribution in [0.3, 0.4) is 0 Å². The number of ether oxygens (including phenoxy) is 1. The van der Waals surface area contributed by atoms with Gasteiger partial charge >= 0.3 is 0 Å². The molecule has 2 N–H and O–H groups in total. The van der Waals surface area contributed by atoms with Gasteiger partial charge in [0.1, 0.15) is 5.75 Å². The van der Waals surface area contributed by atoms with Crippen LogP contribution in [0.15, 0.2) is 27.6 Å². The summed E-state index contributed by atoms with van der Waals surface area (Å²) >= 11 is 0. The van der Waals surface area contributed by atoms with Gasteiger partial charge in [0.2, 0.25) is 21.7 Å². The van der Waals surface area contributed by atoms with Gasteiger partial charge in [0, 0.05) is 6.92 Å². The van der Waals surface area contributed by atoms with Gasteiger partial charge in [0.15, 0.2) is 6.61 Å². The van der Waals surface area contributed by atoms with Crippen molar-refractivity contribution < 1.29 is 17.7 Å². The van der Waals surface area contributed by atoms with Crippen LogP contribution in [0.5, 0.6) is 5.75 Å². The second-order valence-electron chi connectivity index (χ2n) is 3.99. The Balaban J connectivity index is 2.12. The lowest BCUT2D eigenvalue weighted by Gasteiger charge is -2.07. The number of hydrogen-bond acceptors (Lipinski definition) is 6. The van der Waals surface area contributed by atoms with E-state index in [0.717, 1.165) is 0 Å². The Morgan fingerprint density at radius 3 is 2.63 bits per heavy atom. The van der Waals surface area contributed by atoms with E-state index in [1.165, 1.54) is 12.1 Å². The monoisotopic (exact) mass is 283 g/mol. The number of aryl methyl sites for hydroxylation is 2. The van der Waals surface area contributed by atoms with Crippen molar-refractivity contribution in [2.75, 3.05) is 0 Å². The maximum Gasteiger partial charge on any atom is 0.238 e. The predicted molar refractivity (Wildman–Crippen MR) is 65.9 cm³/mol. The van der Waals surface area contributed by atoms with Crippen molar-refractivity contribution in [2.24, 2.45) is 5.14 Å². The van der Waals surface area contributed by atoms with Crippen molar-refractivity contribution in [3.05, 3.63) is 35.5 Å². The summed E-state index contributed by atoms with van der Waals surface area (Å²) in [5.41, 5.74) is 0.518. The number of benzene rings is 1. The van der Waals surface area contributed by atoms with Crippen LogP contribution < -0.4 is 9.88 Å². The molecule has 0 saturated carbocycles. The SMILES string of the molecule is Cc1nc(COc2ccc(S(N)(=O)=O)c(C)c2)no1. The van der Waals surface area contributed by atoms with E-state index in [4.69, 9.17) is 14.4 Å². The third-order valence-corrected chi connectivity index (χ3v) is 3.46. The molecule has 0 spiro atoms. The van der Waals surface area contributed by atoms with Crippen LogP contribution in [0.25, 0.3) is 0 Å². The number of hydrogen-bond donors (Lipinski definition) is 1. The molecule has 1 heterocycles. The van der Waals surface area contributed by atoms with Crippen molar-refractivity contribution in [2.45, 2.75) is 25.3 Å². The quantitative estimate of drug-likeness (QED) is 0.893. The molecule has 0 amide bonds. The van der Waals surface area contributed by atoms with Gasteiger partial charge in [-0.1, -0.05) is 5.16 Å². The molecule has 8 heteroatoms. The first-order valence-electron chi connectivity index (χ1n) is 5.42. The van der Waals surface area contributed by atoms with Crippen molar-refractivity contribution in [3.8, 4) is 5.75 Å². The summed E-state index contributed by atoms with van der Waals surface area (Å²) in [5.74, 6) is 1.39. The average Bonchev–Trinajstić information content (AvgIpc) is 2.71. The minimum atomic E-state index is -3.71. The largest absolute Gasteiger partial charge is 0.485 e. The van der Waals surface area contributed by atoms with E-state index < -0.39 is 10.0 Å². The first-order chi connectivity index (χ1) is 8.86. The van der Waals surface area contributed by atoms with Gasteiger partial charge in [0.25, 0.3) is 0 Å². The lowest BCUT2D eigenvalue weighted by molar-refractivity contribution is 0.285. The topological polar surface area (TPSA) is 108 Å². The Hall–Kier alpha value is -1.93. The molecule has 0 aliphatic carbocycles. The fourth-order valence-corrected chi connectivity index (χ4v) is 2.34. The summed E-state index contributed by atoms with van der Waals surface area (Å²) in [6, 6.07) is 4.52. The standard InChI is InChI=1S/C11H13N3O4S/c1-7-5-9(3-4-10(7)19(12,15)16)17-6-11-13-8(2)18-14-11/h3-5H,6H2,1-2H3,(H2,12,15,16). The fraction of sp³-hybridized carbons (Fsp3) is 0.273. The Kier molecular flexibility index (Phi) is 3.54. The van der Waals surface area contributed by atoms with Crippen LogP contribution in [0.1, 0.15) is 17.3 Å². The molecule has 0 fully saturated rings. The van der Waals surface area contributed by atoms with E-state index in [0.29, 0.717) is 23.0 Å². The van der Waals surface area contributed by atoms with Crippen molar-refractivity contribution in [3.63, 3.8) is 0 Å². The van der Waals surface area contributed by atoms with Gasteiger partial charge < -0.3 is 9.26 Å². The highest BCUT2D eigenvalue weighted by molar-refractivity contribution is 7.89. The van der Waals surface area contributed by atoms with Crippen molar-refractivity contribution in [1.82, 2.24) is 10.1 Å². The van der Waals surface area contributed by atoms with Crippen LogP contribution in [-0.4, -0.2) is 18.6 Å². The molecule has 19 heavy (non-hydrogen) atoms. The first-order valence-corrected chi connectivity index (χ1v) is 6.96. The highest BCUT2D eigenvalue weighted by Crippen LogP contribution is 2.20. The Morgan fingerprint density at radius 1 is 1.37 bits per heavy atom. The number of nitrogens with two attached hydrogens (primary N) is 1. The second-order valence-corrected chi connectivity index (χ2v) is 5.52. The zero-order valence-electron chi connectivity index (χ0n) is 10.5. The van der Waals surface area contributed by atoms with Gasteiger partial charge in [-0.05, 0) is 30.7 Å². The van der Waals surface area contributed by atoms with Crippen LogP contribution in [0, 0.1) is 13.8 Å². The van der Waals surface area contributed by atoms with Crippen LogP contribution in [-0.2, 0) is 16.6 Å². The normalized spacial score (nSPS) is 11.5. The van der Waals surface area contributed by atoms with Gasteiger partial charge in [0.05, 0.1) is 4.90 Å². The van der Waals surface area contributed by atoms with Gasteiger partial charge in [-0.15, -0.1) is 0 Å². The van der Waals surface area contributed by atoms with Gasteiger partial charge in [-0.25, -0.2) is 13.6 Å². The zero-order valence-corrected chi connectivity index (χ0v) is 11.3. The molecule has 1 aromatic carbocycles. The smallest absolute Gasteiger partial charge is 0.238 e. The Bertz CT molecular complexity index is 694. The number of nitrogens with zero attached hydrogens (tertiary/aromatic N) is 2. The van der Waals surface area contributed by atoms with Crippen LogP contribution in [0.4, 0.5) is 0 Å². The summed E-state index contributed by atoms with van der Waals surface area (Å²) in [5, 5.41) is 8.76. The fourth-order valence-electron chi connectivity index (χ4n) is 1.58. The highest BCUT2D eigenvalue weighted by atomic mass is 32.2. The molecule has 0 bridgehead atoms. The number of primary sulfonamides is 1. The molecular formula is C11H13N3O4S. The lowest BCUT2D eigenvalue weighted by Crippen LogP contribution is -2.13. The Labute approximate surface area is 110 Å². The number of aromatic nitrogens is 2. The summed E-state index contributed by atoms with van der Waals surface area (Å²) in [4.78, 5) is 4.07. The third-order valence-electron chi connectivity index (χ3n) is 2.39. The first kappa shape index (κ1) is 13.5. The molecule has 2 rings (SSSR count). The number of sulfonamides is 1. The summed E-state index contributed by atoms with van der Waals surface area (Å²) < 4.78 is 32.7. The molecule has 0 atom stereocenters. The molecule has 102 valence electrons. The molecule has 0 aliphatic rings. The Morgan fingerprint density at radius 2 is 2.11 bits per heavy atom. The van der Waals surface area contributed by atoms with Crippen molar-refractivity contribution in [1.29, 1.82) is 0 Å². The van der Waals surface area contributed by atoms with Crippen LogP contribution in [0.2, 0.25) is 0 Å². The van der Waals surface area contributed by atoms with Crippen LogP contribution >= 0.6 is 0 Å². The molecule has 2 aromatic rings. The zero-order chi connectivity index (χ0) is 14.0. The molecular weight excluding hydrogens is 270 g/mol. The molecule has 1 aromatic heterocycles. The number of rotatable bonds is 4. The third kappa shape index (κ3) is 3.30. The highest BCUT2D eigenvalue weighted by Gasteiger charge is 2.12. The van der Waals surface area contributed by atoms with Gasteiger partial charge in [-0.3, -0.25) is 0 Å². The van der Waals surface area contributed by atoms with Gasteiger partial charge in [-0.2, -0.15) is 4.98 Å². The predicted octanol–water partition coefficient (Wildman–Crippen LogP) is 0.913. The van der Waals surface area contributed by atoms with E-state index in [9.17, 15) is 8.42 Å². The van der Waals surface area contributed by atoms with Crippen molar-refractivity contribution >= 4 is 10.0 Å². The molecule has 7 nitrogen and oxygen atoms in total. The minimum Gasteiger partial charge on any atom is -0.485 e. The average molecular weight is 283 g/mol. The second kappa shape index (κ2) is 4.98. The minimum absolute atomic E-state index is 0.0789. The maximum atomic E-state index is 11.3. The summed E-state index contributed by atoms with van der Waals surface area (Å²) in [6.07, 6.45) is 0. The molecule has 0 unspecified atom stereocenters. The van der Waals surface area contributed by atoms with E-state index in [-0.39, 0.29) is 11.5 Å².